The molecule has 0 aliphatic rings. The van der Waals surface area contributed by atoms with Crippen molar-refractivity contribution in [1.82, 2.24) is 15.0 Å². The van der Waals surface area contributed by atoms with Crippen LogP contribution in [0.1, 0.15) is 11.1 Å². The van der Waals surface area contributed by atoms with Gasteiger partial charge >= 0.3 is 0 Å². The molecule has 0 aliphatic carbocycles. The van der Waals surface area contributed by atoms with Gasteiger partial charge in [-0.15, -0.1) is 0 Å². The standard InChI is InChI=1S/C24H19FN6O3S/c1-27-24-29-13-11-19(30-24)17-8-5-12-28-23(17)34-21-10-9-20(18(14-26)22(21)25)31-35(32,33)15-16-6-3-2-4-7-16/h2-13,31H,15H2,1H3,(H,27,29,30). The first-order valence-electron chi connectivity index (χ1n) is 10.3. The Kier molecular flexibility index (Phi) is 6.84. The molecule has 9 nitrogen and oxygen atoms in total. The average molecular weight is 491 g/mol. The van der Waals surface area contributed by atoms with E-state index in [1.165, 1.54) is 18.3 Å². The molecule has 0 saturated heterocycles. The Labute approximate surface area is 201 Å². The second kappa shape index (κ2) is 10.1. The number of hydrogen-bond donors (Lipinski definition) is 2. The van der Waals surface area contributed by atoms with Crippen molar-refractivity contribution in [1.29, 1.82) is 5.26 Å². The fourth-order valence-corrected chi connectivity index (χ4v) is 4.44. The van der Waals surface area contributed by atoms with Crippen LogP contribution in [0, 0.1) is 17.1 Å². The minimum atomic E-state index is -3.90. The van der Waals surface area contributed by atoms with E-state index in [2.05, 4.69) is 25.0 Å². The lowest BCUT2D eigenvalue weighted by Gasteiger charge is -2.14. The van der Waals surface area contributed by atoms with E-state index in [9.17, 15) is 13.7 Å². The van der Waals surface area contributed by atoms with Crippen LogP contribution in [-0.4, -0.2) is 30.4 Å². The van der Waals surface area contributed by atoms with Crippen LogP contribution in [0.15, 0.2) is 73.1 Å². The van der Waals surface area contributed by atoms with Crippen molar-refractivity contribution >= 4 is 21.7 Å². The number of nitriles is 1. The Hall–Kier alpha value is -4.56. The highest BCUT2D eigenvalue weighted by molar-refractivity contribution is 7.91. The van der Waals surface area contributed by atoms with E-state index in [1.807, 2.05) is 0 Å². The highest BCUT2D eigenvalue weighted by atomic mass is 32.2. The SMILES string of the molecule is CNc1nccc(-c2cccnc2Oc2ccc(NS(=O)(=O)Cc3ccccc3)c(C#N)c2F)n1. The minimum Gasteiger partial charge on any atom is -0.435 e. The Balaban J connectivity index is 1.63. The lowest BCUT2D eigenvalue weighted by molar-refractivity contribution is 0.428. The quantitative estimate of drug-likeness (QED) is 0.373. The first-order valence-corrected chi connectivity index (χ1v) is 12.0. The van der Waals surface area contributed by atoms with E-state index < -0.39 is 21.4 Å². The summed E-state index contributed by atoms with van der Waals surface area (Å²) >= 11 is 0. The molecule has 0 atom stereocenters. The molecule has 0 saturated carbocycles. The van der Waals surface area contributed by atoms with Crippen LogP contribution in [0.4, 0.5) is 16.0 Å². The van der Waals surface area contributed by atoms with Crippen molar-refractivity contribution in [2.75, 3.05) is 17.1 Å². The fraction of sp³-hybridized carbons (Fsp3) is 0.0833. The van der Waals surface area contributed by atoms with Gasteiger partial charge in [0.15, 0.2) is 11.6 Å². The van der Waals surface area contributed by atoms with Gasteiger partial charge in [-0.05, 0) is 35.9 Å². The third-order valence-electron chi connectivity index (χ3n) is 4.82. The van der Waals surface area contributed by atoms with Gasteiger partial charge in [-0.25, -0.2) is 27.8 Å². The lowest BCUT2D eigenvalue weighted by atomic mass is 10.1. The smallest absolute Gasteiger partial charge is 0.236 e. The summed E-state index contributed by atoms with van der Waals surface area (Å²) in [7, 11) is -2.22. The summed E-state index contributed by atoms with van der Waals surface area (Å²) in [6.07, 6.45) is 3.02. The molecular formula is C24H19FN6O3S. The summed E-state index contributed by atoms with van der Waals surface area (Å²) in [5, 5.41) is 12.4. The minimum absolute atomic E-state index is 0.0495. The number of ether oxygens (including phenoxy) is 1. The summed E-state index contributed by atoms with van der Waals surface area (Å²) in [6.45, 7) is 0. The maximum atomic E-state index is 15.2. The molecule has 35 heavy (non-hydrogen) atoms. The van der Waals surface area contributed by atoms with E-state index in [0.717, 1.165) is 0 Å². The normalized spacial score (nSPS) is 10.9. The summed E-state index contributed by atoms with van der Waals surface area (Å²) in [4.78, 5) is 12.6. The number of nitrogens with one attached hydrogen (secondary N) is 2. The Morgan fingerprint density at radius 1 is 1.03 bits per heavy atom. The first kappa shape index (κ1) is 23.6. The van der Waals surface area contributed by atoms with Crippen molar-refractivity contribution in [2.45, 2.75) is 5.75 Å². The van der Waals surface area contributed by atoms with Gasteiger partial charge in [0.25, 0.3) is 0 Å². The van der Waals surface area contributed by atoms with Gasteiger partial charge in [-0.3, -0.25) is 4.72 Å². The van der Waals surface area contributed by atoms with E-state index >= 15 is 4.39 Å². The zero-order valence-electron chi connectivity index (χ0n) is 18.4. The van der Waals surface area contributed by atoms with Crippen LogP contribution in [0.5, 0.6) is 11.6 Å². The molecule has 0 fully saturated rings. The molecule has 0 unspecified atom stereocenters. The van der Waals surface area contributed by atoms with Crippen molar-refractivity contribution in [3.63, 3.8) is 0 Å². The summed E-state index contributed by atoms with van der Waals surface area (Å²) in [6, 6.07) is 17.7. The van der Waals surface area contributed by atoms with Crippen LogP contribution < -0.4 is 14.8 Å². The number of aromatic nitrogens is 3. The number of sulfonamides is 1. The average Bonchev–Trinajstić information content (AvgIpc) is 2.86. The summed E-state index contributed by atoms with van der Waals surface area (Å²) < 4.78 is 48.4. The van der Waals surface area contributed by atoms with Gasteiger partial charge in [0, 0.05) is 19.4 Å². The van der Waals surface area contributed by atoms with Crippen molar-refractivity contribution in [3.05, 3.63) is 90.0 Å². The first-order chi connectivity index (χ1) is 16.9. The number of nitrogens with zero attached hydrogens (tertiary/aromatic N) is 4. The highest BCUT2D eigenvalue weighted by Crippen LogP contribution is 2.34. The zero-order chi connectivity index (χ0) is 24.8. The topological polar surface area (TPSA) is 130 Å². The van der Waals surface area contributed by atoms with Crippen molar-refractivity contribution in [2.24, 2.45) is 0 Å². The Bertz CT molecular complexity index is 1510. The fourth-order valence-electron chi connectivity index (χ4n) is 3.23. The van der Waals surface area contributed by atoms with Gasteiger partial charge in [0.1, 0.15) is 11.6 Å². The number of pyridine rings is 1. The second-order valence-electron chi connectivity index (χ2n) is 7.23. The molecule has 11 heteroatoms. The van der Waals surface area contributed by atoms with E-state index in [-0.39, 0.29) is 23.1 Å². The Morgan fingerprint density at radius 3 is 2.57 bits per heavy atom. The van der Waals surface area contributed by atoms with Crippen LogP contribution in [-0.2, 0) is 15.8 Å². The van der Waals surface area contributed by atoms with E-state index in [0.29, 0.717) is 22.8 Å². The van der Waals surface area contributed by atoms with Crippen LogP contribution >= 0.6 is 0 Å². The highest BCUT2D eigenvalue weighted by Gasteiger charge is 2.21. The number of benzene rings is 2. The van der Waals surface area contributed by atoms with Crippen LogP contribution in [0.25, 0.3) is 11.3 Å². The molecule has 0 radical (unpaired) electrons. The molecule has 0 spiro atoms. The van der Waals surface area contributed by atoms with Gasteiger partial charge in [-0.1, -0.05) is 30.3 Å². The number of hydrogen-bond acceptors (Lipinski definition) is 8. The second-order valence-corrected chi connectivity index (χ2v) is 8.95. The van der Waals surface area contributed by atoms with Crippen LogP contribution in [0.2, 0.25) is 0 Å². The maximum Gasteiger partial charge on any atom is 0.236 e. The van der Waals surface area contributed by atoms with Crippen LogP contribution in [0.3, 0.4) is 0 Å². The molecule has 4 aromatic rings. The van der Waals surface area contributed by atoms with Crippen molar-refractivity contribution in [3.8, 4) is 29.0 Å². The van der Waals surface area contributed by atoms with Crippen molar-refractivity contribution < 1.29 is 17.5 Å². The molecule has 2 N–H and O–H groups in total. The van der Waals surface area contributed by atoms with Gasteiger partial charge in [0.05, 0.1) is 22.7 Å². The number of rotatable bonds is 8. The lowest BCUT2D eigenvalue weighted by Crippen LogP contribution is -2.16. The molecule has 176 valence electrons. The molecule has 2 aromatic heterocycles. The monoisotopic (exact) mass is 490 g/mol. The van der Waals surface area contributed by atoms with E-state index in [4.69, 9.17) is 4.74 Å². The van der Waals surface area contributed by atoms with Gasteiger partial charge < -0.3 is 10.1 Å². The molecule has 0 amide bonds. The zero-order valence-corrected chi connectivity index (χ0v) is 19.3. The van der Waals surface area contributed by atoms with Gasteiger partial charge in [0.2, 0.25) is 21.9 Å². The molecule has 4 rings (SSSR count). The molecule has 0 bridgehead atoms. The van der Waals surface area contributed by atoms with E-state index in [1.54, 1.807) is 67.8 Å². The Morgan fingerprint density at radius 2 is 1.83 bits per heavy atom. The molecule has 2 aromatic carbocycles. The summed E-state index contributed by atoms with van der Waals surface area (Å²) in [5.41, 5.74) is 0.809. The third kappa shape index (κ3) is 5.51. The van der Waals surface area contributed by atoms with Gasteiger partial charge in [-0.2, -0.15) is 5.26 Å². The molecule has 0 aliphatic heterocycles. The maximum absolute atomic E-state index is 15.2. The third-order valence-corrected chi connectivity index (χ3v) is 6.06. The molecular weight excluding hydrogens is 471 g/mol. The summed E-state index contributed by atoms with van der Waals surface area (Å²) in [5.74, 6) is -1.22. The predicted molar refractivity (Wildman–Crippen MR) is 129 cm³/mol. The largest absolute Gasteiger partial charge is 0.435 e. The number of anilines is 2. The predicted octanol–water partition coefficient (Wildman–Crippen LogP) is 4.33. The number of halogens is 1. The molecule has 2 heterocycles.